The SMILES string of the molecule is CC(c1ccccc1)c1nc2cc[c]cc2[nH]1. The minimum atomic E-state index is 0.281. The molecule has 0 amide bonds. The summed E-state index contributed by atoms with van der Waals surface area (Å²) in [4.78, 5) is 7.96. The number of benzene rings is 2. The Kier molecular flexibility index (Phi) is 2.41. The van der Waals surface area contributed by atoms with Crippen LogP contribution in [0.1, 0.15) is 24.2 Å². The molecule has 2 aromatic carbocycles. The van der Waals surface area contributed by atoms with E-state index < -0.39 is 0 Å². The van der Waals surface area contributed by atoms with Gasteiger partial charge in [-0.2, -0.15) is 0 Å². The molecule has 3 rings (SSSR count). The maximum absolute atomic E-state index is 4.61. The number of hydrogen-bond donors (Lipinski definition) is 1. The zero-order valence-corrected chi connectivity index (χ0v) is 9.64. The van der Waals surface area contributed by atoms with Gasteiger partial charge in [0, 0.05) is 5.92 Å². The molecule has 0 bridgehead atoms. The maximum Gasteiger partial charge on any atom is 0.114 e. The Hall–Kier alpha value is -2.09. The molecule has 83 valence electrons. The van der Waals surface area contributed by atoms with Gasteiger partial charge in [-0.1, -0.05) is 43.3 Å². The van der Waals surface area contributed by atoms with Crippen LogP contribution in [0, 0.1) is 6.07 Å². The van der Waals surface area contributed by atoms with Gasteiger partial charge in [0.1, 0.15) is 5.82 Å². The lowest BCUT2D eigenvalue weighted by atomic mass is 10.0. The van der Waals surface area contributed by atoms with E-state index in [1.54, 1.807) is 0 Å². The molecule has 3 aromatic rings. The Labute approximate surface area is 100 Å². The molecule has 0 saturated carbocycles. The fourth-order valence-corrected chi connectivity index (χ4v) is 2.02. The highest BCUT2D eigenvalue weighted by Crippen LogP contribution is 2.23. The Morgan fingerprint density at radius 3 is 2.76 bits per heavy atom. The normalized spacial score (nSPS) is 12.8. The molecule has 0 aliphatic carbocycles. The summed E-state index contributed by atoms with van der Waals surface area (Å²) in [6.07, 6.45) is 0. The first kappa shape index (κ1) is 10.1. The van der Waals surface area contributed by atoms with Crippen molar-refractivity contribution in [1.29, 1.82) is 0 Å². The fourth-order valence-electron chi connectivity index (χ4n) is 2.02. The minimum absolute atomic E-state index is 0.281. The van der Waals surface area contributed by atoms with Crippen LogP contribution in [-0.2, 0) is 0 Å². The molecule has 1 heterocycles. The van der Waals surface area contributed by atoms with Crippen molar-refractivity contribution in [3.8, 4) is 0 Å². The molecular weight excluding hydrogens is 208 g/mol. The lowest BCUT2D eigenvalue weighted by Crippen LogP contribution is -1.97. The summed E-state index contributed by atoms with van der Waals surface area (Å²) in [6, 6.07) is 19.3. The number of hydrogen-bond acceptors (Lipinski definition) is 1. The number of aromatic amines is 1. The highest BCUT2D eigenvalue weighted by molar-refractivity contribution is 5.74. The molecule has 0 spiro atoms. The van der Waals surface area contributed by atoms with Crippen LogP contribution in [0.3, 0.4) is 0 Å². The number of nitrogens with zero attached hydrogens (tertiary/aromatic N) is 1. The van der Waals surface area contributed by atoms with Crippen LogP contribution < -0.4 is 0 Å². The number of aromatic nitrogens is 2. The van der Waals surface area contributed by atoms with Crippen molar-refractivity contribution in [1.82, 2.24) is 9.97 Å². The highest BCUT2D eigenvalue weighted by Gasteiger charge is 2.12. The van der Waals surface area contributed by atoms with Crippen LogP contribution >= 0.6 is 0 Å². The van der Waals surface area contributed by atoms with Gasteiger partial charge < -0.3 is 4.98 Å². The van der Waals surface area contributed by atoms with E-state index in [1.807, 2.05) is 24.3 Å². The van der Waals surface area contributed by atoms with Gasteiger partial charge in [-0.15, -0.1) is 0 Å². The molecule has 17 heavy (non-hydrogen) atoms. The maximum atomic E-state index is 4.61. The van der Waals surface area contributed by atoms with Crippen molar-refractivity contribution >= 4 is 11.0 Å². The standard InChI is InChI=1S/C15H13N2/c1-11(12-7-3-2-4-8-12)15-16-13-9-5-6-10-14(13)17-15/h2-5,7-11H,1H3,(H,16,17). The smallest absolute Gasteiger partial charge is 0.114 e. The Bertz CT molecular complexity index is 592. The highest BCUT2D eigenvalue weighted by atomic mass is 14.9. The molecule has 1 radical (unpaired) electrons. The van der Waals surface area contributed by atoms with Crippen LogP contribution in [0.4, 0.5) is 0 Å². The zero-order valence-electron chi connectivity index (χ0n) is 9.64. The van der Waals surface area contributed by atoms with Gasteiger partial charge in [0.05, 0.1) is 11.0 Å². The molecule has 2 nitrogen and oxygen atoms in total. The van der Waals surface area contributed by atoms with Crippen molar-refractivity contribution in [3.05, 3.63) is 66.0 Å². The third kappa shape index (κ3) is 1.82. The van der Waals surface area contributed by atoms with Gasteiger partial charge in [-0.3, -0.25) is 0 Å². The molecule has 1 aromatic heterocycles. The van der Waals surface area contributed by atoms with E-state index in [0.29, 0.717) is 0 Å². The predicted molar refractivity (Wildman–Crippen MR) is 68.9 cm³/mol. The Morgan fingerprint density at radius 2 is 2.00 bits per heavy atom. The molecule has 1 N–H and O–H groups in total. The topological polar surface area (TPSA) is 28.7 Å². The first-order chi connectivity index (χ1) is 8.34. The summed E-state index contributed by atoms with van der Waals surface area (Å²) in [5.74, 6) is 1.29. The average molecular weight is 221 g/mol. The van der Waals surface area contributed by atoms with E-state index in [2.05, 4.69) is 47.2 Å². The molecule has 0 aliphatic rings. The van der Waals surface area contributed by atoms with Gasteiger partial charge >= 0.3 is 0 Å². The first-order valence-electron chi connectivity index (χ1n) is 5.75. The van der Waals surface area contributed by atoms with Crippen molar-refractivity contribution < 1.29 is 0 Å². The molecule has 1 unspecified atom stereocenters. The summed E-state index contributed by atoms with van der Waals surface area (Å²) < 4.78 is 0. The number of fused-ring (bicyclic) bond motifs is 1. The third-order valence-electron chi connectivity index (χ3n) is 3.05. The average Bonchev–Trinajstić information content (AvgIpc) is 2.82. The second-order valence-electron chi connectivity index (χ2n) is 4.20. The minimum Gasteiger partial charge on any atom is -0.341 e. The van der Waals surface area contributed by atoms with E-state index in [1.165, 1.54) is 5.56 Å². The van der Waals surface area contributed by atoms with Gasteiger partial charge in [-0.25, -0.2) is 4.98 Å². The molecule has 0 aliphatic heterocycles. The lowest BCUT2D eigenvalue weighted by Gasteiger charge is -2.07. The van der Waals surface area contributed by atoms with Crippen LogP contribution in [0.5, 0.6) is 0 Å². The zero-order chi connectivity index (χ0) is 11.7. The van der Waals surface area contributed by atoms with E-state index in [-0.39, 0.29) is 5.92 Å². The Balaban J connectivity index is 2.04. The van der Waals surface area contributed by atoms with E-state index in [4.69, 9.17) is 0 Å². The van der Waals surface area contributed by atoms with Crippen LogP contribution in [0.15, 0.2) is 48.5 Å². The number of H-pyrrole nitrogens is 1. The second-order valence-corrected chi connectivity index (χ2v) is 4.20. The van der Waals surface area contributed by atoms with E-state index in [0.717, 1.165) is 16.9 Å². The summed E-state index contributed by atoms with van der Waals surface area (Å²) >= 11 is 0. The number of nitrogens with one attached hydrogen (secondary N) is 1. The second kappa shape index (κ2) is 4.06. The van der Waals surface area contributed by atoms with Gasteiger partial charge in [0.25, 0.3) is 0 Å². The Morgan fingerprint density at radius 1 is 1.18 bits per heavy atom. The third-order valence-corrected chi connectivity index (χ3v) is 3.05. The number of imidazole rings is 1. The van der Waals surface area contributed by atoms with Gasteiger partial charge in [0.2, 0.25) is 0 Å². The quantitative estimate of drug-likeness (QED) is 0.704. The van der Waals surface area contributed by atoms with E-state index in [9.17, 15) is 0 Å². The van der Waals surface area contributed by atoms with Crippen molar-refractivity contribution in [2.24, 2.45) is 0 Å². The molecule has 0 fully saturated rings. The molecular formula is C15H13N2. The summed E-state index contributed by atoms with van der Waals surface area (Å²) in [7, 11) is 0. The van der Waals surface area contributed by atoms with Gasteiger partial charge in [-0.05, 0) is 23.8 Å². The van der Waals surface area contributed by atoms with Crippen molar-refractivity contribution in [2.75, 3.05) is 0 Å². The lowest BCUT2D eigenvalue weighted by molar-refractivity contribution is 0.846. The molecule has 2 heteroatoms. The van der Waals surface area contributed by atoms with Crippen LogP contribution in [0.25, 0.3) is 11.0 Å². The summed E-state index contributed by atoms with van der Waals surface area (Å²) in [5.41, 5.74) is 3.32. The predicted octanol–water partition coefficient (Wildman–Crippen LogP) is 3.51. The van der Waals surface area contributed by atoms with Crippen molar-refractivity contribution in [3.63, 3.8) is 0 Å². The van der Waals surface area contributed by atoms with Gasteiger partial charge in [0.15, 0.2) is 0 Å². The van der Waals surface area contributed by atoms with Crippen LogP contribution in [0.2, 0.25) is 0 Å². The monoisotopic (exact) mass is 221 g/mol. The van der Waals surface area contributed by atoms with E-state index >= 15 is 0 Å². The molecule has 0 saturated heterocycles. The van der Waals surface area contributed by atoms with Crippen molar-refractivity contribution in [2.45, 2.75) is 12.8 Å². The summed E-state index contributed by atoms with van der Waals surface area (Å²) in [6.45, 7) is 2.16. The fraction of sp³-hybridized carbons (Fsp3) is 0.133. The number of rotatable bonds is 2. The largest absolute Gasteiger partial charge is 0.341 e. The molecule has 1 atom stereocenters. The first-order valence-corrected chi connectivity index (χ1v) is 5.75. The van der Waals surface area contributed by atoms with Crippen LogP contribution in [-0.4, -0.2) is 9.97 Å². The summed E-state index contributed by atoms with van der Waals surface area (Å²) in [5, 5.41) is 0.